The predicted octanol–water partition coefficient (Wildman–Crippen LogP) is 2.92. The topological polar surface area (TPSA) is 50.8 Å². The fourth-order valence-corrected chi connectivity index (χ4v) is 2.38. The van der Waals surface area contributed by atoms with Gasteiger partial charge in [0.25, 0.3) is 0 Å². The molecule has 1 aromatic carbocycles. The van der Waals surface area contributed by atoms with Crippen LogP contribution in [0.2, 0.25) is 0 Å². The minimum absolute atomic E-state index is 0.0713. The molecule has 0 bridgehead atoms. The zero-order valence-electron chi connectivity index (χ0n) is 10.9. The van der Waals surface area contributed by atoms with Crippen LogP contribution in [0.5, 0.6) is 0 Å². The molecule has 2 heterocycles. The Hall–Kier alpha value is -1.82. The summed E-state index contributed by atoms with van der Waals surface area (Å²) in [7, 11) is 0. The highest BCUT2D eigenvalue weighted by molar-refractivity contribution is 5.21. The van der Waals surface area contributed by atoms with Crippen molar-refractivity contribution in [2.45, 2.75) is 31.8 Å². The third kappa shape index (κ3) is 3.01. The fraction of sp³-hybridized carbons (Fsp3) is 0.429. The van der Waals surface area contributed by atoms with Gasteiger partial charge in [-0.15, -0.1) is 0 Å². The number of H-pyrrole nitrogens is 1. The number of aromatic nitrogens is 3. The first-order valence-corrected chi connectivity index (χ1v) is 6.68. The van der Waals surface area contributed by atoms with Crippen LogP contribution >= 0.6 is 0 Å². The fourth-order valence-electron chi connectivity index (χ4n) is 2.38. The molecule has 4 nitrogen and oxygen atoms in total. The number of hydrogen-bond acceptors (Lipinski definition) is 3. The number of rotatable bonds is 3. The second-order valence-corrected chi connectivity index (χ2v) is 4.95. The summed E-state index contributed by atoms with van der Waals surface area (Å²) in [6, 6.07) is 3.44. The number of ether oxygens (including phenoxy) is 1. The summed E-state index contributed by atoms with van der Waals surface area (Å²) < 4.78 is 31.8. The van der Waals surface area contributed by atoms with Gasteiger partial charge in [0.2, 0.25) is 0 Å². The van der Waals surface area contributed by atoms with Crippen molar-refractivity contribution in [2.75, 3.05) is 6.61 Å². The number of nitrogens with zero attached hydrogens (tertiary/aromatic N) is 2. The second kappa shape index (κ2) is 5.66. The molecule has 1 aliphatic rings. The summed E-state index contributed by atoms with van der Waals surface area (Å²) in [6.07, 6.45) is 3.32. The van der Waals surface area contributed by atoms with Gasteiger partial charge in [-0.05, 0) is 37.0 Å². The monoisotopic (exact) mass is 279 g/mol. The van der Waals surface area contributed by atoms with E-state index >= 15 is 0 Å². The standard InChI is InChI=1S/C14H15F2N3O/c15-10-5-9(6-11(16)8-10)7-13-17-14(19-18-13)12-3-1-2-4-20-12/h5-6,8,12H,1-4,7H2,(H,17,18,19). The van der Waals surface area contributed by atoms with Crippen molar-refractivity contribution in [1.82, 2.24) is 15.2 Å². The average Bonchev–Trinajstić information content (AvgIpc) is 2.87. The van der Waals surface area contributed by atoms with Crippen molar-refractivity contribution in [2.24, 2.45) is 0 Å². The minimum atomic E-state index is -0.588. The molecule has 3 rings (SSSR count). The molecule has 0 aliphatic carbocycles. The molecule has 0 radical (unpaired) electrons. The highest BCUT2D eigenvalue weighted by atomic mass is 19.1. The Balaban J connectivity index is 1.73. The van der Waals surface area contributed by atoms with E-state index in [1.165, 1.54) is 12.1 Å². The van der Waals surface area contributed by atoms with Gasteiger partial charge in [0.05, 0.1) is 0 Å². The molecule has 1 aromatic heterocycles. The van der Waals surface area contributed by atoms with Crippen molar-refractivity contribution >= 4 is 0 Å². The summed E-state index contributed by atoms with van der Waals surface area (Å²) in [5, 5.41) is 6.94. The third-order valence-electron chi connectivity index (χ3n) is 3.31. The molecular formula is C14H15F2N3O. The molecular weight excluding hydrogens is 264 g/mol. The lowest BCUT2D eigenvalue weighted by atomic mass is 10.1. The summed E-state index contributed by atoms with van der Waals surface area (Å²) >= 11 is 0. The predicted molar refractivity (Wildman–Crippen MR) is 68.1 cm³/mol. The van der Waals surface area contributed by atoms with Gasteiger partial charge < -0.3 is 4.74 Å². The zero-order valence-corrected chi connectivity index (χ0v) is 10.9. The lowest BCUT2D eigenvalue weighted by molar-refractivity contribution is 0.00963. The van der Waals surface area contributed by atoms with E-state index in [4.69, 9.17) is 4.74 Å². The molecule has 1 unspecified atom stereocenters. The molecule has 2 aromatic rings. The quantitative estimate of drug-likeness (QED) is 0.939. The van der Waals surface area contributed by atoms with Gasteiger partial charge >= 0.3 is 0 Å². The van der Waals surface area contributed by atoms with Gasteiger partial charge in [0.15, 0.2) is 5.82 Å². The molecule has 1 fully saturated rings. The van der Waals surface area contributed by atoms with E-state index < -0.39 is 11.6 Å². The lowest BCUT2D eigenvalue weighted by Crippen LogP contribution is -2.12. The van der Waals surface area contributed by atoms with Crippen LogP contribution in [0.4, 0.5) is 8.78 Å². The molecule has 0 spiro atoms. The van der Waals surface area contributed by atoms with Gasteiger partial charge in [-0.25, -0.2) is 13.8 Å². The number of hydrogen-bond donors (Lipinski definition) is 1. The Kier molecular flexibility index (Phi) is 3.73. The Morgan fingerprint density at radius 3 is 2.70 bits per heavy atom. The van der Waals surface area contributed by atoms with Gasteiger partial charge in [-0.2, -0.15) is 5.10 Å². The summed E-state index contributed by atoms with van der Waals surface area (Å²) in [6.45, 7) is 0.726. The van der Waals surface area contributed by atoms with E-state index in [0.29, 0.717) is 23.6 Å². The first-order chi connectivity index (χ1) is 9.70. The van der Waals surface area contributed by atoms with Gasteiger partial charge in [0, 0.05) is 19.1 Å². The summed E-state index contributed by atoms with van der Waals surface area (Å²) in [5.74, 6) is 0.0291. The zero-order chi connectivity index (χ0) is 13.9. The lowest BCUT2D eigenvalue weighted by Gasteiger charge is -2.19. The highest BCUT2D eigenvalue weighted by Gasteiger charge is 2.20. The van der Waals surface area contributed by atoms with Crippen LogP contribution in [0.1, 0.15) is 42.6 Å². The minimum Gasteiger partial charge on any atom is -0.370 e. The molecule has 1 aliphatic heterocycles. The first-order valence-electron chi connectivity index (χ1n) is 6.68. The van der Waals surface area contributed by atoms with E-state index in [1.807, 2.05) is 0 Å². The third-order valence-corrected chi connectivity index (χ3v) is 3.31. The number of benzene rings is 1. The van der Waals surface area contributed by atoms with Gasteiger partial charge in [-0.1, -0.05) is 0 Å². The molecule has 1 saturated heterocycles. The molecule has 6 heteroatoms. The van der Waals surface area contributed by atoms with E-state index in [-0.39, 0.29) is 6.10 Å². The number of nitrogens with one attached hydrogen (secondary N) is 1. The maximum Gasteiger partial charge on any atom is 0.179 e. The number of aromatic amines is 1. The van der Waals surface area contributed by atoms with Crippen molar-refractivity contribution < 1.29 is 13.5 Å². The smallest absolute Gasteiger partial charge is 0.179 e. The van der Waals surface area contributed by atoms with Crippen LogP contribution in [-0.4, -0.2) is 21.8 Å². The van der Waals surface area contributed by atoms with Crippen LogP contribution in [0, 0.1) is 11.6 Å². The van der Waals surface area contributed by atoms with Crippen LogP contribution in [0.25, 0.3) is 0 Å². The van der Waals surface area contributed by atoms with Crippen molar-refractivity contribution in [3.05, 3.63) is 47.0 Å². The van der Waals surface area contributed by atoms with Crippen LogP contribution < -0.4 is 0 Å². The van der Waals surface area contributed by atoms with Crippen LogP contribution in [0.3, 0.4) is 0 Å². The van der Waals surface area contributed by atoms with E-state index in [1.54, 1.807) is 0 Å². The van der Waals surface area contributed by atoms with Crippen molar-refractivity contribution in [1.29, 1.82) is 0 Å². The Labute approximate surface area is 115 Å². The molecule has 1 atom stereocenters. The van der Waals surface area contributed by atoms with Crippen molar-refractivity contribution in [3.8, 4) is 0 Å². The van der Waals surface area contributed by atoms with Crippen molar-refractivity contribution in [3.63, 3.8) is 0 Å². The Morgan fingerprint density at radius 1 is 1.20 bits per heavy atom. The molecule has 0 amide bonds. The van der Waals surface area contributed by atoms with Gasteiger partial charge in [0.1, 0.15) is 23.6 Å². The van der Waals surface area contributed by atoms with E-state index in [9.17, 15) is 8.78 Å². The largest absolute Gasteiger partial charge is 0.370 e. The maximum absolute atomic E-state index is 13.1. The van der Waals surface area contributed by atoms with Crippen LogP contribution in [-0.2, 0) is 11.2 Å². The first kappa shape index (κ1) is 13.2. The maximum atomic E-state index is 13.1. The van der Waals surface area contributed by atoms with Crippen LogP contribution in [0.15, 0.2) is 18.2 Å². The van der Waals surface area contributed by atoms with E-state index in [0.717, 1.165) is 31.9 Å². The normalized spacial score (nSPS) is 19.2. The highest BCUT2D eigenvalue weighted by Crippen LogP contribution is 2.25. The Morgan fingerprint density at radius 2 is 2.00 bits per heavy atom. The Bertz CT molecular complexity index is 574. The SMILES string of the molecule is Fc1cc(F)cc(Cc2nc(C3CCCCO3)n[nH]2)c1. The number of halogens is 2. The average molecular weight is 279 g/mol. The molecule has 0 saturated carbocycles. The summed E-state index contributed by atoms with van der Waals surface area (Å²) in [5.41, 5.74) is 0.523. The molecule has 1 N–H and O–H groups in total. The molecule has 106 valence electrons. The second-order valence-electron chi connectivity index (χ2n) is 4.95. The van der Waals surface area contributed by atoms with Gasteiger partial charge in [-0.3, -0.25) is 5.10 Å². The van der Waals surface area contributed by atoms with E-state index in [2.05, 4.69) is 15.2 Å². The summed E-state index contributed by atoms with van der Waals surface area (Å²) in [4.78, 5) is 4.35. The molecule has 20 heavy (non-hydrogen) atoms.